The van der Waals surface area contributed by atoms with Crippen LogP contribution >= 0.6 is 0 Å². The van der Waals surface area contributed by atoms with Crippen molar-refractivity contribution in [1.29, 1.82) is 0 Å². The summed E-state index contributed by atoms with van der Waals surface area (Å²) in [7, 11) is 0. The first-order valence-corrected chi connectivity index (χ1v) is 12.6. The van der Waals surface area contributed by atoms with E-state index in [2.05, 4.69) is 30.9 Å². The van der Waals surface area contributed by atoms with Gasteiger partial charge >= 0.3 is 5.97 Å². The summed E-state index contributed by atoms with van der Waals surface area (Å²) in [4.78, 5) is 72.4. The monoisotopic (exact) mass is 552 g/mol. The van der Waals surface area contributed by atoms with Crippen LogP contribution in [-0.2, 0) is 30.4 Å². The number of rotatable bonds is 18. The van der Waals surface area contributed by atoms with Gasteiger partial charge < -0.3 is 49.0 Å². The number of guanidine groups is 1. The molecule has 13 N–H and O–H groups in total. The molecule has 1 heterocycles. The van der Waals surface area contributed by atoms with Crippen LogP contribution in [0.2, 0.25) is 0 Å². The van der Waals surface area contributed by atoms with Gasteiger partial charge in [0.25, 0.3) is 0 Å². The number of hydrogen-bond acceptors (Lipinski definition) is 8. The lowest BCUT2D eigenvalue weighted by Crippen LogP contribution is -2.59. The standard InChI is InChI=1S/C23H40N10O6/c1-3-12(2)18(33-19(35)14(24)5-4-8-29-23(26)27)21(37)32-16(9-13-10-28-11-30-13)20(36)31-15(22(38)39)6-7-17(25)34/h10-12,14-16,18H,3-9,24H2,1-2H3,(H2,25,34)(H,28,30)(H,31,36)(H,32,37)(H,33,35)(H,38,39)(H4,26,27,29). The van der Waals surface area contributed by atoms with Crippen LogP contribution in [0.4, 0.5) is 0 Å². The fourth-order valence-corrected chi connectivity index (χ4v) is 3.52. The van der Waals surface area contributed by atoms with Crippen molar-refractivity contribution in [2.45, 2.75) is 76.5 Å². The number of nitrogens with one attached hydrogen (secondary N) is 4. The minimum absolute atomic E-state index is 0.0504. The number of hydrogen-bond donors (Lipinski definition) is 9. The average Bonchev–Trinajstić information content (AvgIpc) is 3.38. The molecule has 0 saturated heterocycles. The number of aromatic amines is 1. The predicted molar refractivity (Wildman–Crippen MR) is 141 cm³/mol. The van der Waals surface area contributed by atoms with Crippen molar-refractivity contribution < 1.29 is 29.1 Å². The van der Waals surface area contributed by atoms with Gasteiger partial charge in [-0.15, -0.1) is 0 Å². The first kappa shape index (κ1) is 32.8. The number of carbonyl (C=O) groups excluding carboxylic acids is 4. The van der Waals surface area contributed by atoms with Crippen LogP contribution in [0.25, 0.3) is 0 Å². The summed E-state index contributed by atoms with van der Waals surface area (Å²) >= 11 is 0. The normalized spacial score (nSPS) is 14.6. The molecular formula is C23H40N10O6. The number of imidazole rings is 1. The number of aromatic nitrogens is 2. The van der Waals surface area contributed by atoms with E-state index in [0.29, 0.717) is 25.1 Å². The van der Waals surface area contributed by atoms with E-state index in [4.69, 9.17) is 22.9 Å². The van der Waals surface area contributed by atoms with Crippen LogP contribution in [0, 0.1) is 5.92 Å². The second-order valence-corrected chi connectivity index (χ2v) is 9.17. The number of nitrogens with zero attached hydrogens (tertiary/aromatic N) is 2. The van der Waals surface area contributed by atoms with Gasteiger partial charge in [-0.1, -0.05) is 20.3 Å². The van der Waals surface area contributed by atoms with Crippen molar-refractivity contribution in [3.05, 3.63) is 18.2 Å². The van der Waals surface area contributed by atoms with E-state index in [-0.39, 0.29) is 37.6 Å². The highest BCUT2D eigenvalue weighted by Gasteiger charge is 2.32. The maximum absolute atomic E-state index is 13.3. The van der Waals surface area contributed by atoms with Gasteiger partial charge in [-0.05, 0) is 25.2 Å². The zero-order valence-corrected chi connectivity index (χ0v) is 22.2. The molecule has 0 aliphatic carbocycles. The van der Waals surface area contributed by atoms with Crippen molar-refractivity contribution in [1.82, 2.24) is 25.9 Å². The van der Waals surface area contributed by atoms with Crippen LogP contribution in [0.5, 0.6) is 0 Å². The summed E-state index contributed by atoms with van der Waals surface area (Å²) in [6.07, 6.45) is 3.52. The maximum atomic E-state index is 13.3. The number of aliphatic imine (C=N–C) groups is 1. The van der Waals surface area contributed by atoms with Gasteiger partial charge in [0.2, 0.25) is 23.6 Å². The second kappa shape index (κ2) is 16.6. The van der Waals surface area contributed by atoms with Crippen LogP contribution in [0.15, 0.2) is 17.5 Å². The van der Waals surface area contributed by atoms with Crippen molar-refractivity contribution in [2.24, 2.45) is 33.8 Å². The minimum Gasteiger partial charge on any atom is -0.480 e. The molecule has 1 aromatic rings. The average molecular weight is 553 g/mol. The number of nitrogens with two attached hydrogens (primary N) is 4. The molecule has 1 rings (SSSR count). The molecule has 218 valence electrons. The number of amides is 4. The Morgan fingerprint density at radius 3 is 2.23 bits per heavy atom. The lowest BCUT2D eigenvalue weighted by Gasteiger charge is -2.28. The highest BCUT2D eigenvalue weighted by Crippen LogP contribution is 2.11. The fourth-order valence-electron chi connectivity index (χ4n) is 3.52. The summed E-state index contributed by atoms with van der Waals surface area (Å²) in [5.41, 5.74) is 22.1. The molecule has 5 atom stereocenters. The Hall–Kier alpha value is -4.21. The Balaban J connectivity index is 3.02. The third kappa shape index (κ3) is 12.3. The molecule has 1 aromatic heterocycles. The smallest absolute Gasteiger partial charge is 0.326 e. The first-order valence-electron chi connectivity index (χ1n) is 12.6. The number of aliphatic carboxylic acids is 1. The molecule has 0 aliphatic rings. The summed E-state index contributed by atoms with van der Waals surface area (Å²) < 4.78 is 0. The summed E-state index contributed by atoms with van der Waals surface area (Å²) in [5.74, 6) is -4.52. The van der Waals surface area contributed by atoms with Crippen molar-refractivity contribution in [3.8, 4) is 0 Å². The Morgan fingerprint density at radius 1 is 1.03 bits per heavy atom. The molecule has 5 unspecified atom stereocenters. The Kier molecular flexibility index (Phi) is 14.0. The van der Waals surface area contributed by atoms with Crippen molar-refractivity contribution in [2.75, 3.05) is 6.54 Å². The van der Waals surface area contributed by atoms with Gasteiger partial charge in [0.05, 0.1) is 12.4 Å². The molecule has 0 aliphatic heterocycles. The topological polar surface area (TPSA) is 287 Å². The molecule has 39 heavy (non-hydrogen) atoms. The summed E-state index contributed by atoms with van der Waals surface area (Å²) in [6.45, 7) is 3.88. The number of carbonyl (C=O) groups is 5. The predicted octanol–water partition coefficient (Wildman–Crippen LogP) is -2.82. The molecule has 0 aromatic carbocycles. The van der Waals surface area contributed by atoms with E-state index in [0.717, 1.165) is 0 Å². The molecule has 0 saturated carbocycles. The van der Waals surface area contributed by atoms with E-state index >= 15 is 0 Å². The van der Waals surface area contributed by atoms with Gasteiger partial charge in [0.1, 0.15) is 18.1 Å². The number of primary amides is 1. The molecular weight excluding hydrogens is 512 g/mol. The summed E-state index contributed by atoms with van der Waals surface area (Å²) in [5, 5.41) is 17.0. The summed E-state index contributed by atoms with van der Waals surface area (Å²) in [6, 6.07) is -4.60. The van der Waals surface area contributed by atoms with E-state index < -0.39 is 53.8 Å². The second-order valence-electron chi connectivity index (χ2n) is 9.17. The number of H-pyrrole nitrogens is 1. The zero-order valence-electron chi connectivity index (χ0n) is 22.2. The number of carboxylic acid groups (broad SMARTS) is 1. The van der Waals surface area contributed by atoms with Gasteiger partial charge in [-0.3, -0.25) is 24.2 Å². The molecule has 0 fully saturated rings. The Bertz CT molecular complexity index is 996. The number of carboxylic acids is 1. The molecule has 0 spiro atoms. The molecule has 16 nitrogen and oxygen atoms in total. The van der Waals surface area contributed by atoms with Crippen LogP contribution in [0.1, 0.15) is 51.6 Å². The lowest BCUT2D eigenvalue weighted by molar-refractivity contribution is -0.142. The third-order valence-corrected chi connectivity index (χ3v) is 6.00. The van der Waals surface area contributed by atoms with E-state index in [1.807, 2.05) is 6.92 Å². The SMILES string of the molecule is CCC(C)C(NC(=O)C(N)CCCN=C(N)N)C(=O)NC(Cc1cnc[nH]1)C(=O)NC(CCC(N)=O)C(=O)O. The quantitative estimate of drug-likeness (QED) is 0.0511. The van der Waals surface area contributed by atoms with E-state index in [1.54, 1.807) is 6.92 Å². The molecule has 16 heteroatoms. The van der Waals surface area contributed by atoms with Gasteiger partial charge in [-0.25, -0.2) is 9.78 Å². The zero-order chi connectivity index (χ0) is 29.5. The van der Waals surface area contributed by atoms with Crippen LogP contribution in [-0.4, -0.2) is 81.3 Å². The molecule has 0 radical (unpaired) electrons. The lowest BCUT2D eigenvalue weighted by atomic mass is 9.96. The van der Waals surface area contributed by atoms with Gasteiger partial charge in [0, 0.05) is 31.3 Å². The Labute approximate surface area is 226 Å². The fraction of sp³-hybridized carbons (Fsp3) is 0.609. The molecule has 4 amide bonds. The van der Waals surface area contributed by atoms with Crippen LogP contribution < -0.4 is 38.9 Å². The highest BCUT2D eigenvalue weighted by molar-refractivity contribution is 5.94. The van der Waals surface area contributed by atoms with Crippen LogP contribution in [0.3, 0.4) is 0 Å². The highest BCUT2D eigenvalue weighted by atomic mass is 16.4. The first-order chi connectivity index (χ1) is 18.3. The van der Waals surface area contributed by atoms with E-state index in [9.17, 15) is 29.1 Å². The van der Waals surface area contributed by atoms with Crippen molar-refractivity contribution in [3.63, 3.8) is 0 Å². The van der Waals surface area contributed by atoms with Gasteiger partial charge in [-0.2, -0.15) is 0 Å². The third-order valence-electron chi connectivity index (χ3n) is 6.00. The van der Waals surface area contributed by atoms with Crippen molar-refractivity contribution >= 4 is 35.6 Å². The van der Waals surface area contributed by atoms with Gasteiger partial charge in [0.15, 0.2) is 5.96 Å². The Morgan fingerprint density at radius 2 is 1.69 bits per heavy atom. The maximum Gasteiger partial charge on any atom is 0.326 e. The largest absolute Gasteiger partial charge is 0.480 e. The minimum atomic E-state index is -1.41. The molecule has 0 bridgehead atoms. The van der Waals surface area contributed by atoms with E-state index in [1.165, 1.54) is 12.5 Å².